The molecule has 0 saturated carbocycles. The first-order valence-electron chi connectivity index (χ1n) is 5.32. The standard InChI is InChI=1S/C11H16N2OS.ClH/c14-15(9-11-2-1-5-13-11)8-10-3-6-12-7-4-10;/h3-4,6-7,11,13H,1-2,5,8-9H2;1H. The molecule has 0 spiro atoms. The van der Waals surface area contributed by atoms with Gasteiger partial charge in [0.1, 0.15) is 0 Å². The van der Waals surface area contributed by atoms with Crippen LogP contribution in [0.4, 0.5) is 0 Å². The topological polar surface area (TPSA) is 42.0 Å². The first-order chi connectivity index (χ1) is 7.34. The zero-order valence-electron chi connectivity index (χ0n) is 9.09. The molecular weight excluding hydrogens is 244 g/mol. The second-order valence-corrected chi connectivity index (χ2v) is 5.40. The molecule has 1 aromatic heterocycles. The normalized spacial score (nSPS) is 21.4. The minimum absolute atomic E-state index is 0. The van der Waals surface area contributed by atoms with E-state index in [4.69, 9.17) is 0 Å². The summed E-state index contributed by atoms with van der Waals surface area (Å²) in [7, 11) is -0.751. The Labute approximate surface area is 105 Å². The van der Waals surface area contributed by atoms with Crippen molar-refractivity contribution < 1.29 is 4.21 Å². The molecule has 5 heteroatoms. The monoisotopic (exact) mass is 260 g/mol. The van der Waals surface area contributed by atoms with E-state index in [0.29, 0.717) is 11.8 Å². The lowest BCUT2D eigenvalue weighted by Crippen LogP contribution is -2.27. The fraction of sp³-hybridized carbons (Fsp3) is 0.545. The molecule has 0 aliphatic carbocycles. The first-order valence-corrected chi connectivity index (χ1v) is 6.80. The van der Waals surface area contributed by atoms with E-state index in [1.165, 1.54) is 12.8 Å². The van der Waals surface area contributed by atoms with Gasteiger partial charge in [0, 0.05) is 40.7 Å². The Morgan fingerprint density at radius 3 is 2.81 bits per heavy atom. The highest BCUT2D eigenvalue weighted by Crippen LogP contribution is 2.09. The van der Waals surface area contributed by atoms with Crippen LogP contribution < -0.4 is 5.32 Å². The highest BCUT2D eigenvalue weighted by Gasteiger charge is 2.16. The lowest BCUT2D eigenvalue weighted by Gasteiger charge is -2.09. The van der Waals surface area contributed by atoms with Crippen LogP contribution in [0, 0.1) is 0 Å². The maximum absolute atomic E-state index is 11.8. The van der Waals surface area contributed by atoms with Crippen molar-refractivity contribution >= 4 is 23.2 Å². The quantitative estimate of drug-likeness (QED) is 0.892. The minimum Gasteiger partial charge on any atom is -0.313 e. The van der Waals surface area contributed by atoms with Crippen molar-refractivity contribution in [3.63, 3.8) is 0 Å². The third kappa shape index (κ3) is 4.20. The predicted octanol–water partition coefficient (Wildman–Crippen LogP) is 1.50. The Morgan fingerprint density at radius 2 is 2.19 bits per heavy atom. The summed E-state index contributed by atoms with van der Waals surface area (Å²) in [6, 6.07) is 4.33. The van der Waals surface area contributed by atoms with Gasteiger partial charge in [0.2, 0.25) is 0 Å². The summed E-state index contributed by atoms with van der Waals surface area (Å²) in [5.41, 5.74) is 1.11. The van der Waals surface area contributed by atoms with Crippen LogP contribution in [0.15, 0.2) is 24.5 Å². The van der Waals surface area contributed by atoms with Crippen molar-refractivity contribution in [2.75, 3.05) is 12.3 Å². The van der Waals surface area contributed by atoms with Gasteiger partial charge in [-0.3, -0.25) is 9.19 Å². The Kier molecular flexibility index (Phi) is 5.95. The van der Waals surface area contributed by atoms with Gasteiger partial charge in [-0.2, -0.15) is 0 Å². The van der Waals surface area contributed by atoms with Crippen LogP contribution in [0.3, 0.4) is 0 Å². The van der Waals surface area contributed by atoms with Crippen LogP contribution in [-0.2, 0) is 16.6 Å². The molecule has 2 rings (SSSR count). The van der Waals surface area contributed by atoms with Gasteiger partial charge in [0.15, 0.2) is 0 Å². The Balaban J connectivity index is 0.00000128. The Hall–Kier alpha value is -0.450. The Morgan fingerprint density at radius 1 is 1.44 bits per heavy atom. The number of aromatic nitrogens is 1. The van der Waals surface area contributed by atoms with E-state index in [-0.39, 0.29) is 12.4 Å². The minimum atomic E-state index is -0.751. The number of halogens is 1. The summed E-state index contributed by atoms with van der Waals surface area (Å²) in [4.78, 5) is 3.94. The van der Waals surface area contributed by atoms with Gasteiger partial charge in [-0.05, 0) is 37.1 Å². The zero-order chi connectivity index (χ0) is 10.5. The van der Waals surface area contributed by atoms with Crippen LogP contribution >= 0.6 is 12.4 Å². The molecule has 90 valence electrons. The highest BCUT2D eigenvalue weighted by molar-refractivity contribution is 7.84. The van der Waals surface area contributed by atoms with E-state index >= 15 is 0 Å². The maximum atomic E-state index is 11.8. The molecule has 1 aromatic rings. The number of nitrogens with one attached hydrogen (secondary N) is 1. The van der Waals surface area contributed by atoms with Gasteiger partial charge in [0.25, 0.3) is 0 Å². The van der Waals surface area contributed by atoms with Crippen LogP contribution in [0.2, 0.25) is 0 Å². The van der Waals surface area contributed by atoms with Gasteiger partial charge in [0.05, 0.1) is 0 Å². The molecule has 0 bridgehead atoms. The van der Waals surface area contributed by atoms with E-state index in [9.17, 15) is 4.21 Å². The highest BCUT2D eigenvalue weighted by atomic mass is 35.5. The molecular formula is C11H17ClN2OS. The van der Waals surface area contributed by atoms with E-state index in [1.807, 2.05) is 12.1 Å². The van der Waals surface area contributed by atoms with E-state index in [1.54, 1.807) is 12.4 Å². The number of pyridine rings is 1. The van der Waals surface area contributed by atoms with Crippen LogP contribution in [-0.4, -0.2) is 27.5 Å². The second kappa shape index (κ2) is 6.99. The summed E-state index contributed by atoms with van der Waals surface area (Å²) >= 11 is 0. The third-order valence-electron chi connectivity index (χ3n) is 2.63. The number of hydrogen-bond acceptors (Lipinski definition) is 3. The number of rotatable bonds is 4. The molecule has 2 heterocycles. The SMILES string of the molecule is Cl.O=S(Cc1ccncc1)CC1CCCN1. The van der Waals surface area contributed by atoms with Crippen molar-refractivity contribution in [3.05, 3.63) is 30.1 Å². The van der Waals surface area contributed by atoms with E-state index in [2.05, 4.69) is 10.3 Å². The fourth-order valence-corrected chi connectivity index (χ4v) is 3.26. The summed E-state index contributed by atoms with van der Waals surface area (Å²) in [6.45, 7) is 1.08. The smallest absolute Gasteiger partial charge is 0.0487 e. The molecule has 0 radical (unpaired) electrons. The number of hydrogen-bond donors (Lipinski definition) is 1. The molecule has 3 nitrogen and oxygen atoms in total. The zero-order valence-corrected chi connectivity index (χ0v) is 10.7. The molecule has 1 aliphatic rings. The largest absolute Gasteiger partial charge is 0.313 e. The lowest BCUT2D eigenvalue weighted by atomic mass is 10.3. The van der Waals surface area contributed by atoms with Gasteiger partial charge < -0.3 is 5.32 Å². The van der Waals surface area contributed by atoms with Crippen molar-refractivity contribution in [2.45, 2.75) is 24.6 Å². The second-order valence-electron chi connectivity index (χ2n) is 3.90. The fourth-order valence-electron chi connectivity index (χ4n) is 1.85. The molecule has 1 saturated heterocycles. The van der Waals surface area contributed by atoms with Gasteiger partial charge in [-0.15, -0.1) is 12.4 Å². The van der Waals surface area contributed by atoms with Crippen molar-refractivity contribution in [3.8, 4) is 0 Å². The third-order valence-corrected chi connectivity index (χ3v) is 4.06. The maximum Gasteiger partial charge on any atom is 0.0487 e. The summed E-state index contributed by atoms with van der Waals surface area (Å²) in [5.74, 6) is 1.43. The summed E-state index contributed by atoms with van der Waals surface area (Å²) in [6.07, 6.45) is 5.89. The molecule has 1 fully saturated rings. The van der Waals surface area contributed by atoms with Crippen LogP contribution in [0.25, 0.3) is 0 Å². The molecule has 0 aromatic carbocycles. The lowest BCUT2D eigenvalue weighted by molar-refractivity contribution is 0.643. The van der Waals surface area contributed by atoms with E-state index in [0.717, 1.165) is 17.9 Å². The molecule has 2 unspecified atom stereocenters. The molecule has 0 amide bonds. The van der Waals surface area contributed by atoms with Gasteiger partial charge in [-0.1, -0.05) is 0 Å². The summed E-state index contributed by atoms with van der Waals surface area (Å²) in [5, 5.41) is 3.37. The van der Waals surface area contributed by atoms with Crippen LogP contribution in [0.5, 0.6) is 0 Å². The molecule has 2 atom stereocenters. The summed E-state index contributed by atoms with van der Waals surface area (Å²) < 4.78 is 11.8. The van der Waals surface area contributed by atoms with Crippen molar-refractivity contribution in [1.82, 2.24) is 10.3 Å². The van der Waals surface area contributed by atoms with Crippen LogP contribution in [0.1, 0.15) is 18.4 Å². The molecule has 1 aliphatic heterocycles. The first kappa shape index (κ1) is 13.6. The van der Waals surface area contributed by atoms with Gasteiger partial charge in [-0.25, -0.2) is 0 Å². The number of nitrogens with zero attached hydrogens (tertiary/aromatic N) is 1. The predicted molar refractivity (Wildman–Crippen MR) is 69.2 cm³/mol. The Bertz CT molecular complexity index is 328. The molecule has 16 heavy (non-hydrogen) atoms. The molecule has 1 N–H and O–H groups in total. The average molecular weight is 261 g/mol. The average Bonchev–Trinajstić information content (AvgIpc) is 2.71. The van der Waals surface area contributed by atoms with E-state index < -0.39 is 10.8 Å². The van der Waals surface area contributed by atoms with Crippen molar-refractivity contribution in [1.29, 1.82) is 0 Å². The van der Waals surface area contributed by atoms with Crippen molar-refractivity contribution in [2.24, 2.45) is 0 Å². The van der Waals surface area contributed by atoms with Gasteiger partial charge >= 0.3 is 0 Å².